The summed E-state index contributed by atoms with van der Waals surface area (Å²) in [4.78, 5) is 15.5. The smallest absolute Gasteiger partial charge is 0.339 e. The van der Waals surface area contributed by atoms with Gasteiger partial charge in [0.1, 0.15) is 5.65 Å². The van der Waals surface area contributed by atoms with E-state index in [4.69, 9.17) is 11.6 Å². The number of methoxy groups -OCH3 is 1. The van der Waals surface area contributed by atoms with Crippen molar-refractivity contribution in [2.45, 2.75) is 5.88 Å². The first-order chi connectivity index (χ1) is 7.24. The number of imidazole rings is 1. The maximum Gasteiger partial charge on any atom is 0.339 e. The number of halogens is 1. The van der Waals surface area contributed by atoms with Crippen LogP contribution in [0.1, 0.15) is 16.1 Å². The summed E-state index contributed by atoms with van der Waals surface area (Å²) in [5, 5.41) is 0. The summed E-state index contributed by atoms with van der Waals surface area (Å²) in [6.07, 6.45) is 3.46. The Labute approximate surface area is 91.4 Å². The molecule has 2 heterocycles. The molecule has 2 rings (SSSR count). The molecule has 0 spiro atoms. The number of hydrogen-bond acceptors (Lipinski definition) is 3. The molecule has 0 aliphatic carbocycles. The summed E-state index contributed by atoms with van der Waals surface area (Å²) >= 11 is 5.66. The van der Waals surface area contributed by atoms with Gasteiger partial charge >= 0.3 is 5.97 Å². The van der Waals surface area contributed by atoms with Gasteiger partial charge in [-0.3, -0.25) is 0 Å². The van der Waals surface area contributed by atoms with Gasteiger partial charge in [0.25, 0.3) is 0 Å². The Morgan fingerprint density at radius 1 is 1.53 bits per heavy atom. The lowest BCUT2D eigenvalue weighted by molar-refractivity contribution is 0.0600. The van der Waals surface area contributed by atoms with Gasteiger partial charge in [0.05, 0.1) is 24.2 Å². The highest BCUT2D eigenvalue weighted by Crippen LogP contribution is 2.10. The van der Waals surface area contributed by atoms with Gasteiger partial charge in [-0.05, 0) is 12.1 Å². The summed E-state index contributed by atoms with van der Waals surface area (Å²) in [5.41, 5.74) is 2.03. The van der Waals surface area contributed by atoms with Crippen molar-refractivity contribution in [3.8, 4) is 0 Å². The van der Waals surface area contributed by atoms with Crippen LogP contribution in [0.25, 0.3) is 5.65 Å². The van der Waals surface area contributed by atoms with Gasteiger partial charge in [0, 0.05) is 12.4 Å². The van der Waals surface area contributed by atoms with Crippen LogP contribution in [0.3, 0.4) is 0 Å². The fourth-order valence-electron chi connectivity index (χ4n) is 1.35. The molecule has 0 N–H and O–H groups in total. The number of ether oxygens (including phenoxy) is 1. The van der Waals surface area contributed by atoms with Crippen molar-refractivity contribution < 1.29 is 9.53 Å². The molecule has 78 valence electrons. The Morgan fingerprint density at radius 2 is 2.33 bits per heavy atom. The normalized spacial score (nSPS) is 10.5. The van der Waals surface area contributed by atoms with Gasteiger partial charge in [-0.15, -0.1) is 11.6 Å². The first-order valence-corrected chi connectivity index (χ1v) is 4.90. The second-order valence-corrected chi connectivity index (χ2v) is 3.31. The molecular weight excluding hydrogens is 216 g/mol. The van der Waals surface area contributed by atoms with Crippen molar-refractivity contribution >= 4 is 23.2 Å². The van der Waals surface area contributed by atoms with Crippen molar-refractivity contribution in [1.82, 2.24) is 9.38 Å². The Kier molecular flexibility index (Phi) is 2.60. The minimum atomic E-state index is -0.363. The summed E-state index contributed by atoms with van der Waals surface area (Å²) in [5.74, 6) is -0.00655. The molecule has 0 aliphatic rings. The van der Waals surface area contributed by atoms with Gasteiger partial charge < -0.3 is 9.14 Å². The first kappa shape index (κ1) is 9.98. The zero-order valence-electron chi connectivity index (χ0n) is 8.11. The van der Waals surface area contributed by atoms with E-state index in [9.17, 15) is 4.79 Å². The van der Waals surface area contributed by atoms with E-state index in [0.29, 0.717) is 11.4 Å². The number of aromatic nitrogens is 2. The molecule has 0 atom stereocenters. The van der Waals surface area contributed by atoms with E-state index in [1.807, 2.05) is 0 Å². The second kappa shape index (κ2) is 3.90. The third kappa shape index (κ3) is 1.80. The molecular formula is C10H9ClN2O2. The zero-order valence-corrected chi connectivity index (χ0v) is 8.86. The van der Waals surface area contributed by atoms with Crippen molar-refractivity contribution in [2.24, 2.45) is 0 Å². The highest BCUT2D eigenvalue weighted by Gasteiger charge is 2.07. The number of hydrogen-bond donors (Lipinski definition) is 0. The van der Waals surface area contributed by atoms with Crippen LogP contribution in [0.15, 0.2) is 24.5 Å². The number of carbonyl (C=O) groups excluding carboxylic acids is 1. The molecule has 15 heavy (non-hydrogen) atoms. The van der Waals surface area contributed by atoms with E-state index in [-0.39, 0.29) is 5.97 Å². The zero-order chi connectivity index (χ0) is 10.8. The minimum absolute atomic E-state index is 0.356. The Balaban J connectivity index is 2.50. The van der Waals surface area contributed by atoms with Crippen LogP contribution in [-0.2, 0) is 10.6 Å². The molecule has 4 nitrogen and oxygen atoms in total. The Bertz CT molecular complexity index is 507. The van der Waals surface area contributed by atoms with Crippen LogP contribution in [0.5, 0.6) is 0 Å². The maximum absolute atomic E-state index is 11.3. The largest absolute Gasteiger partial charge is 0.465 e. The van der Waals surface area contributed by atoms with Crippen LogP contribution in [0.4, 0.5) is 0 Å². The number of nitrogens with zero attached hydrogens (tertiary/aromatic N) is 2. The molecule has 2 aromatic heterocycles. The lowest BCUT2D eigenvalue weighted by atomic mass is 10.3. The minimum Gasteiger partial charge on any atom is -0.465 e. The van der Waals surface area contributed by atoms with E-state index >= 15 is 0 Å². The first-order valence-electron chi connectivity index (χ1n) is 4.36. The van der Waals surface area contributed by atoms with Gasteiger partial charge in [0.2, 0.25) is 0 Å². The van der Waals surface area contributed by atoms with Gasteiger partial charge in [0.15, 0.2) is 0 Å². The molecule has 2 aromatic rings. The molecule has 0 amide bonds. The Hall–Kier alpha value is -1.55. The van der Waals surface area contributed by atoms with Crippen molar-refractivity contribution in [2.75, 3.05) is 7.11 Å². The average molecular weight is 225 g/mol. The fraction of sp³-hybridized carbons (Fsp3) is 0.200. The molecule has 0 saturated heterocycles. The predicted octanol–water partition coefficient (Wildman–Crippen LogP) is 1.86. The number of rotatable bonds is 2. The lowest BCUT2D eigenvalue weighted by Gasteiger charge is -1.99. The molecule has 5 heteroatoms. The number of esters is 1. The van der Waals surface area contributed by atoms with Crippen LogP contribution in [-0.4, -0.2) is 22.5 Å². The highest BCUT2D eigenvalue weighted by molar-refractivity contribution is 6.16. The lowest BCUT2D eigenvalue weighted by Crippen LogP contribution is -2.02. The Morgan fingerprint density at radius 3 is 3.00 bits per heavy atom. The molecule has 0 bridgehead atoms. The van der Waals surface area contributed by atoms with Crippen LogP contribution < -0.4 is 0 Å². The molecule has 0 aromatic carbocycles. The van der Waals surface area contributed by atoms with Gasteiger partial charge in [-0.1, -0.05) is 0 Å². The topological polar surface area (TPSA) is 43.6 Å². The van der Waals surface area contributed by atoms with Crippen LogP contribution >= 0.6 is 11.6 Å². The third-order valence-corrected chi connectivity index (χ3v) is 2.33. The summed E-state index contributed by atoms with van der Waals surface area (Å²) < 4.78 is 6.37. The average Bonchev–Trinajstić information content (AvgIpc) is 2.69. The molecule has 0 unspecified atom stereocenters. The summed E-state index contributed by atoms with van der Waals surface area (Å²) in [6, 6.07) is 3.43. The summed E-state index contributed by atoms with van der Waals surface area (Å²) in [7, 11) is 1.35. The van der Waals surface area contributed by atoms with E-state index in [0.717, 1.165) is 11.3 Å². The molecule has 0 aliphatic heterocycles. The SMILES string of the molecule is COC(=O)c1ccc2nc(CCl)cn2c1. The maximum atomic E-state index is 11.3. The van der Waals surface area contributed by atoms with E-state index in [1.54, 1.807) is 28.9 Å². The van der Waals surface area contributed by atoms with E-state index in [1.165, 1.54) is 7.11 Å². The van der Waals surface area contributed by atoms with Crippen molar-refractivity contribution in [3.05, 3.63) is 35.8 Å². The molecule has 0 fully saturated rings. The van der Waals surface area contributed by atoms with Gasteiger partial charge in [-0.2, -0.15) is 0 Å². The second-order valence-electron chi connectivity index (χ2n) is 3.04. The number of pyridine rings is 1. The molecule has 0 radical (unpaired) electrons. The monoisotopic (exact) mass is 224 g/mol. The molecule has 0 saturated carbocycles. The van der Waals surface area contributed by atoms with Gasteiger partial charge in [-0.25, -0.2) is 9.78 Å². The third-order valence-electron chi connectivity index (χ3n) is 2.06. The number of fused-ring (bicyclic) bond motifs is 1. The van der Waals surface area contributed by atoms with E-state index in [2.05, 4.69) is 9.72 Å². The standard InChI is InChI=1S/C10H9ClN2O2/c1-15-10(14)7-2-3-9-12-8(4-11)6-13(9)5-7/h2-3,5-6H,4H2,1H3. The summed E-state index contributed by atoms with van der Waals surface area (Å²) in [6.45, 7) is 0. The van der Waals surface area contributed by atoms with Crippen LogP contribution in [0.2, 0.25) is 0 Å². The number of carbonyl (C=O) groups is 1. The number of alkyl halides is 1. The van der Waals surface area contributed by atoms with E-state index < -0.39 is 0 Å². The fourth-order valence-corrected chi connectivity index (χ4v) is 1.48. The predicted molar refractivity (Wildman–Crippen MR) is 56.1 cm³/mol. The van der Waals surface area contributed by atoms with Crippen molar-refractivity contribution in [1.29, 1.82) is 0 Å². The van der Waals surface area contributed by atoms with Crippen molar-refractivity contribution in [3.63, 3.8) is 0 Å². The van der Waals surface area contributed by atoms with Crippen LogP contribution in [0, 0.1) is 0 Å². The quantitative estimate of drug-likeness (QED) is 0.578. The highest BCUT2D eigenvalue weighted by atomic mass is 35.5.